The van der Waals surface area contributed by atoms with Gasteiger partial charge in [0.25, 0.3) is 0 Å². The fraction of sp³-hybridized carbons (Fsp3) is 0.316. The normalized spacial score (nSPS) is 16.5. The molecule has 1 fully saturated rings. The molecule has 23 heavy (non-hydrogen) atoms. The van der Waals surface area contributed by atoms with Gasteiger partial charge in [0.15, 0.2) is 0 Å². The van der Waals surface area contributed by atoms with Gasteiger partial charge >= 0.3 is 6.03 Å². The van der Waals surface area contributed by atoms with E-state index in [1.165, 1.54) is 5.56 Å². The minimum atomic E-state index is -0.147. The van der Waals surface area contributed by atoms with Crippen LogP contribution in [0.4, 0.5) is 10.5 Å². The molecule has 1 aliphatic carbocycles. The molecule has 2 aromatic carbocycles. The summed E-state index contributed by atoms with van der Waals surface area (Å²) in [6.07, 6.45) is 2.22. The Bertz CT molecular complexity index is 708. The van der Waals surface area contributed by atoms with Gasteiger partial charge in [-0.1, -0.05) is 40.2 Å². The molecule has 0 radical (unpaired) electrons. The highest BCUT2D eigenvalue weighted by Gasteiger charge is 2.49. The number of urea groups is 1. The van der Waals surface area contributed by atoms with Crippen LogP contribution >= 0.6 is 15.9 Å². The van der Waals surface area contributed by atoms with Gasteiger partial charge in [0.2, 0.25) is 0 Å². The van der Waals surface area contributed by atoms with Gasteiger partial charge in [-0.3, -0.25) is 0 Å². The standard InChI is InChI=1S/C19H21BrN2O/c1-13-4-3-5-17(12-13)22-18(23)21-14(2)19(10-11-19)15-6-8-16(20)9-7-15/h3-9,12,14H,10-11H2,1-2H3,(H2,21,22,23). The summed E-state index contributed by atoms with van der Waals surface area (Å²) in [5.74, 6) is 0. The molecular weight excluding hydrogens is 352 g/mol. The molecule has 0 aliphatic heterocycles. The summed E-state index contributed by atoms with van der Waals surface area (Å²) in [5.41, 5.74) is 3.32. The smallest absolute Gasteiger partial charge is 0.319 e. The van der Waals surface area contributed by atoms with E-state index >= 15 is 0 Å². The average Bonchev–Trinajstić information content (AvgIpc) is 3.29. The Morgan fingerprint density at radius 1 is 1.17 bits per heavy atom. The Morgan fingerprint density at radius 2 is 1.87 bits per heavy atom. The third-order valence-electron chi connectivity index (χ3n) is 4.66. The van der Waals surface area contributed by atoms with Crippen molar-refractivity contribution in [2.45, 2.75) is 38.1 Å². The number of hydrogen-bond acceptors (Lipinski definition) is 1. The fourth-order valence-corrected chi connectivity index (χ4v) is 3.38. The molecule has 2 aromatic rings. The van der Waals surface area contributed by atoms with Crippen LogP contribution in [0.25, 0.3) is 0 Å². The zero-order valence-electron chi connectivity index (χ0n) is 13.4. The SMILES string of the molecule is Cc1cccc(NC(=O)NC(C)C2(c3ccc(Br)cc3)CC2)c1. The number of anilines is 1. The average molecular weight is 373 g/mol. The van der Waals surface area contributed by atoms with E-state index in [1.807, 2.05) is 31.2 Å². The number of amides is 2. The maximum Gasteiger partial charge on any atom is 0.319 e. The van der Waals surface area contributed by atoms with Crippen LogP contribution in [0.15, 0.2) is 53.0 Å². The lowest BCUT2D eigenvalue weighted by Gasteiger charge is -2.25. The summed E-state index contributed by atoms with van der Waals surface area (Å²) in [6, 6.07) is 16.2. The predicted molar refractivity (Wildman–Crippen MR) is 97.8 cm³/mol. The van der Waals surface area contributed by atoms with Crippen LogP contribution in [0, 0.1) is 6.92 Å². The fourth-order valence-electron chi connectivity index (χ4n) is 3.11. The highest BCUT2D eigenvalue weighted by Crippen LogP contribution is 2.51. The summed E-state index contributed by atoms with van der Waals surface area (Å²) >= 11 is 3.47. The number of rotatable bonds is 4. The molecule has 3 rings (SSSR count). The lowest BCUT2D eigenvalue weighted by Crippen LogP contribution is -2.43. The van der Waals surface area contributed by atoms with Crippen molar-refractivity contribution in [2.75, 3.05) is 5.32 Å². The molecule has 120 valence electrons. The molecule has 4 heteroatoms. The van der Waals surface area contributed by atoms with Gasteiger partial charge in [0, 0.05) is 21.6 Å². The number of hydrogen-bond donors (Lipinski definition) is 2. The second-order valence-electron chi connectivity index (χ2n) is 6.35. The topological polar surface area (TPSA) is 41.1 Å². The van der Waals surface area contributed by atoms with Crippen LogP contribution in [0.2, 0.25) is 0 Å². The third kappa shape index (κ3) is 3.58. The number of carbonyl (C=O) groups excluding carboxylic acids is 1. The summed E-state index contributed by atoms with van der Waals surface area (Å²) in [5, 5.41) is 6.02. The molecular formula is C19H21BrN2O. The van der Waals surface area contributed by atoms with E-state index < -0.39 is 0 Å². The summed E-state index contributed by atoms with van der Waals surface area (Å²) < 4.78 is 1.08. The molecule has 1 unspecified atom stereocenters. The van der Waals surface area contributed by atoms with Crippen molar-refractivity contribution in [3.63, 3.8) is 0 Å². The van der Waals surface area contributed by atoms with Crippen molar-refractivity contribution in [3.8, 4) is 0 Å². The van der Waals surface area contributed by atoms with Crippen molar-refractivity contribution in [3.05, 3.63) is 64.1 Å². The number of halogens is 1. The molecule has 1 saturated carbocycles. The van der Waals surface area contributed by atoms with Crippen LogP contribution in [0.5, 0.6) is 0 Å². The number of carbonyl (C=O) groups is 1. The summed E-state index contributed by atoms with van der Waals surface area (Å²) in [6.45, 7) is 4.10. The lowest BCUT2D eigenvalue weighted by molar-refractivity contribution is 0.246. The Balaban J connectivity index is 1.65. The predicted octanol–water partition coefficient (Wildman–Crippen LogP) is 5.00. The molecule has 2 N–H and O–H groups in total. The molecule has 1 aliphatic rings. The number of aryl methyl sites for hydroxylation is 1. The highest BCUT2D eigenvalue weighted by atomic mass is 79.9. The van der Waals surface area contributed by atoms with E-state index in [0.717, 1.165) is 28.6 Å². The lowest BCUT2D eigenvalue weighted by atomic mass is 9.89. The van der Waals surface area contributed by atoms with Crippen LogP contribution < -0.4 is 10.6 Å². The minimum absolute atomic E-state index is 0.0741. The summed E-state index contributed by atoms with van der Waals surface area (Å²) in [4.78, 5) is 12.3. The molecule has 2 amide bonds. The molecule has 0 spiro atoms. The zero-order valence-corrected chi connectivity index (χ0v) is 15.0. The van der Waals surface area contributed by atoms with E-state index in [2.05, 4.69) is 57.8 Å². The van der Waals surface area contributed by atoms with E-state index in [4.69, 9.17) is 0 Å². The second kappa shape index (κ2) is 6.36. The van der Waals surface area contributed by atoms with E-state index in [1.54, 1.807) is 0 Å². The Hall–Kier alpha value is -1.81. The van der Waals surface area contributed by atoms with Gasteiger partial charge in [-0.05, 0) is 62.1 Å². The van der Waals surface area contributed by atoms with Gasteiger partial charge in [0.05, 0.1) is 0 Å². The number of nitrogens with one attached hydrogen (secondary N) is 2. The zero-order chi connectivity index (χ0) is 16.4. The van der Waals surface area contributed by atoms with Gasteiger partial charge in [-0.15, -0.1) is 0 Å². The minimum Gasteiger partial charge on any atom is -0.335 e. The first-order chi connectivity index (χ1) is 11.0. The van der Waals surface area contributed by atoms with E-state index in [9.17, 15) is 4.79 Å². The highest BCUT2D eigenvalue weighted by molar-refractivity contribution is 9.10. The van der Waals surface area contributed by atoms with Gasteiger partial charge in [0.1, 0.15) is 0 Å². The van der Waals surface area contributed by atoms with Crippen molar-refractivity contribution in [1.29, 1.82) is 0 Å². The third-order valence-corrected chi connectivity index (χ3v) is 5.19. The van der Waals surface area contributed by atoms with E-state index in [0.29, 0.717) is 0 Å². The molecule has 1 atom stereocenters. The van der Waals surface area contributed by atoms with Crippen molar-refractivity contribution in [1.82, 2.24) is 5.32 Å². The number of benzene rings is 2. The Kier molecular flexibility index (Phi) is 4.44. The second-order valence-corrected chi connectivity index (χ2v) is 7.27. The van der Waals surface area contributed by atoms with Crippen LogP contribution in [-0.2, 0) is 5.41 Å². The monoisotopic (exact) mass is 372 g/mol. The maximum absolute atomic E-state index is 12.3. The Labute approximate surface area is 145 Å². The molecule has 0 aromatic heterocycles. The van der Waals surface area contributed by atoms with Crippen LogP contribution in [0.1, 0.15) is 30.9 Å². The maximum atomic E-state index is 12.3. The van der Waals surface area contributed by atoms with Gasteiger partial charge < -0.3 is 10.6 Å². The van der Waals surface area contributed by atoms with Crippen LogP contribution in [0.3, 0.4) is 0 Å². The van der Waals surface area contributed by atoms with E-state index in [-0.39, 0.29) is 17.5 Å². The van der Waals surface area contributed by atoms with Crippen LogP contribution in [-0.4, -0.2) is 12.1 Å². The molecule has 0 saturated heterocycles. The largest absolute Gasteiger partial charge is 0.335 e. The van der Waals surface area contributed by atoms with Crippen molar-refractivity contribution < 1.29 is 4.79 Å². The molecule has 3 nitrogen and oxygen atoms in total. The van der Waals surface area contributed by atoms with Gasteiger partial charge in [-0.2, -0.15) is 0 Å². The van der Waals surface area contributed by atoms with Gasteiger partial charge in [-0.25, -0.2) is 4.79 Å². The molecule has 0 heterocycles. The quantitative estimate of drug-likeness (QED) is 0.778. The first-order valence-corrected chi connectivity index (χ1v) is 8.69. The van der Waals surface area contributed by atoms with Crippen molar-refractivity contribution in [2.24, 2.45) is 0 Å². The molecule has 0 bridgehead atoms. The Morgan fingerprint density at radius 3 is 2.48 bits per heavy atom. The first-order valence-electron chi connectivity index (χ1n) is 7.90. The first kappa shape index (κ1) is 16.1. The summed E-state index contributed by atoms with van der Waals surface area (Å²) in [7, 11) is 0. The van der Waals surface area contributed by atoms with Crippen molar-refractivity contribution >= 4 is 27.6 Å².